The number of hydrogen-bond donors (Lipinski definition) is 0. The molecule has 0 atom stereocenters. The molecule has 0 unspecified atom stereocenters. The highest BCUT2D eigenvalue weighted by Gasteiger charge is 2.11. The zero-order valence-electron chi connectivity index (χ0n) is 35.8. The summed E-state index contributed by atoms with van der Waals surface area (Å²) in [5.41, 5.74) is 17.7. The molecule has 6 heteroatoms. The second-order valence-corrected chi connectivity index (χ2v) is 15.7. The monoisotopic (exact) mass is 806 g/mol. The summed E-state index contributed by atoms with van der Waals surface area (Å²) in [4.78, 5) is 19.7. The Hall–Kier alpha value is -7.44. The fourth-order valence-electron chi connectivity index (χ4n) is 7.09. The predicted octanol–water partition coefficient (Wildman–Crippen LogP) is 15.0. The largest absolute Gasteiger partial charge is 0.249 e. The molecular formula is C56H50N6. The molecule has 2 aliphatic rings. The van der Waals surface area contributed by atoms with Gasteiger partial charge >= 0.3 is 0 Å². The van der Waals surface area contributed by atoms with Crippen molar-refractivity contribution in [1.29, 1.82) is 0 Å². The van der Waals surface area contributed by atoms with Gasteiger partial charge in [-0.3, -0.25) is 0 Å². The number of allylic oxidation sites excluding steroid dienone is 8. The molecule has 0 spiro atoms. The number of rotatable bonds is 12. The highest BCUT2D eigenvalue weighted by molar-refractivity contribution is 6.20. The number of aliphatic imine (C=N–C) groups is 4. The Morgan fingerprint density at radius 1 is 0.306 bits per heavy atom. The van der Waals surface area contributed by atoms with Crippen LogP contribution in [0.25, 0.3) is 0 Å². The molecule has 0 fully saturated rings. The van der Waals surface area contributed by atoms with E-state index in [0.29, 0.717) is 11.4 Å². The van der Waals surface area contributed by atoms with E-state index in [1.54, 1.807) is 0 Å². The molecule has 8 rings (SSSR count). The maximum absolute atomic E-state index is 5.08. The molecule has 0 heterocycles. The summed E-state index contributed by atoms with van der Waals surface area (Å²) >= 11 is 0. The Kier molecular flexibility index (Phi) is 13.2. The number of aryl methyl sites for hydroxylation is 4. The second kappa shape index (κ2) is 19.7. The van der Waals surface area contributed by atoms with E-state index in [1.165, 1.54) is 33.4 Å². The Balaban J connectivity index is 1.13. The van der Waals surface area contributed by atoms with E-state index < -0.39 is 0 Å². The minimum atomic E-state index is 0.676. The van der Waals surface area contributed by atoms with Crippen LogP contribution in [0.15, 0.2) is 212 Å². The first kappa shape index (κ1) is 41.3. The fraction of sp³-hybridized carbons (Fsp3) is 0.143. The van der Waals surface area contributed by atoms with Gasteiger partial charge < -0.3 is 0 Å². The standard InChI is InChI=1S/C56H50N6/c1-5-41-11-15-43(16-12-41)35-45-19-33-53(59-51-29-25-49(26-30-51)57-47-21-7-39(3)8-22-47)55(37-45)61-62-56-38-46(36-44-17-13-42(6-2)14-18-44)20-34-54(56)60-52-31-27-50(28-32-52)58-48-23-9-40(4)10-24-48/h7-34,37-38H,5-6,35-36H2,1-4H3. The third-order valence-corrected chi connectivity index (χ3v) is 10.8. The van der Waals surface area contributed by atoms with Gasteiger partial charge in [0.05, 0.1) is 45.6 Å². The molecule has 0 aromatic heterocycles. The van der Waals surface area contributed by atoms with E-state index in [1.807, 2.05) is 85.0 Å². The van der Waals surface area contributed by atoms with E-state index in [-0.39, 0.29) is 0 Å². The molecule has 0 N–H and O–H groups in total. The van der Waals surface area contributed by atoms with Crippen molar-refractivity contribution in [3.8, 4) is 0 Å². The molecule has 0 bridgehead atoms. The van der Waals surface area contributed by atoms with Crippen molar-refractivity contribution in [2.45, 2.75) is 53.4 Å². The summed E-state index contributed by atoms with van der Waals surface area (Å²) in [6, 6.07) is 46.6. The van der Waals surface area contributed by atoms with Crippen LogP contribution in [-0.2, 0) is 25.7 Å². The van der Waals surface area contributed by atoms with Crippen molar-refractivity contribution >= 4 is 57.0 Å². The summed E-state index contributed by atoms with van der Waals surface area (Å²) < 4.78 is 0. The van der Waals surface area contributed by atoms with Crippen LogP contribution < -0.4 is 0 Å². The van der Waals surface area contributed by atoms with Crippen LogP contribution in [-0.4, -0.2) is 22.8 Å². The molecule has 0 saturated carbocycles. The SMILES string of the molecule is CCc1ccc(Cc2ccc(N=C3C=CC(=Nc4ccc(C)cc4)C=C3)c(N=Nc3cc(Cc4ccc(CC)cc4)ccc3N=C3C=CC(=Nc4ccc(C)cc4)C=C3)c2)cc1. The molecule has 0 saturated heterocycles. The van der Waals surface area contributed by atoms with Gasteiger partial charge in [-0.2, -0.15) is 0 Å². The van der Waals surface area contributed by atoms with Crippen molar-refractivity contribution in [2.24, 2.45) is 30.2 Å². The van der Waals surface area contributed by atoms with Gasteiger partial charge in [0, 0.05) is 0 Å². The number of nitrogens with zero attached hydrogens (tertiary/aromatic N) is 6. The summed E-state index contributed by atoms with van der Waals surface area (Å²) in [6.07, 6.45) is 19.5. The minimum Gasteiger partial charge on any atom is -0.249 e. The van der Waals surface area contributed by atoms with E-state index in [0.717, 1.165) is 82.4 Å². The van der Waals surface area contributed by atoms with Crippen molar-refractivity contribution in [1.82, 2.24) is 0 Å². The Morgan fingerprint density at radius 3 is 0.952 bits per heavy atom. The average molecular weight is 807 g/mol. The quantitative estimate of drug-likeness (QED) is 0.0873. The van der Waals surface area contributed by atoms with Crippen LogP contribution in [0.5, 0.6) is 0 Å². The number of benzene rings is 6. The van der Waals surface area contributed by atoms with Crippen LogP contribution in [0, 0.1) is 13.8 Å². The van der Waals surface area contributed by atoms with Crippen LogP contribution >= 0.6 is 0 Å². The predicted molar refractivity (Wildman–Crippen MR) is 262 cm³/mol. The van der Waals surface area contributed by atoms with Gasteiger partial charge in [0.2, 0.25) is 0 Å². The van der Waals surface area contributed by atoms with Crippen molar-refractivity contribution in [2.75, 3.05) is 0 Å². The third kappa shape index (κ3) is 11.2. The fourth-order valence-corrected chi connectivity index (χ4v) is 7.09. The van der Waals surface area contributed by atoms with E-state index in [9.17, 15) is 0 Å². The zero-order valence-corrected chi connectivity index (χ0v) is 35.8. The molecule has 6 nitrogen and oxygen atoms in total. The van der Waals surface area contributed by atoms with Gasteiger partial charge in [-0.25, -0.2) is 20.0 Å². The average Bonchev–Trinajstić information content (AvgIpc) is 3.30. The summed E-state index contributed by atoms with van der Waals surface area (Å²) in [7, 11) is 0. The first-order valence-electron chi connectivity index (χ1n) is 21.4. The normalized spacial score (nSPS) is 13.3. The Morgan fingerprint density at radius 2 is 0.613 bits per heavy atom. The zero-order chi connectivity index (χ0) is 42.7. The smallest absolute Gasteiger partial charge is 0.112 e. The topological polar surface area (TPSA) is 74.2 Å². The van der Waals surface area contributed by atoms with Gasteiger partial charge in [0.1, 0.15) is 11.4 Å². The summed E-state index contributed by atoms with van der Waals surface area (Å²) in [6.45, 7) is 8.51. The summed E-state index contributed by atoms with van der Waals surface area (Å²) in [5, 5.41) is 9.92. The lowest BCUT2D eigenvalue weighted by Crippen LogP contribution is -1.99. The third-order valence-electron chi connectivity index (χ3n) is 10.8. The molecule has 6 aromatic rings. The lowest BCUT2D eigenvalue weighted by Gasteiger charge is -2.10. The van der Waals surface area contributed by atoms with Crippen LogP contribution in [0.3, 0.4) is 0 Å². The first-order chi connectivity index (χ1) is 30.3. The molecule has 62 heavy (non-hydrogen) atoms. The molecule has 0 amide bonds. The van der Waals surface area contributed by atoms with Crippen LogP contribution in [0.1, 0.15) is 58.4 Å². The van der Waals surface area contributed by atoms with Gasteiger partial charge in [0.15, 0.2) is 0 Å². The second-order valence-electron chi connectivity index (χ2n) is 15.7. The summed E-state index contributed by atoms with van der Waals surface area (Å²) in [5.74, 6) is 0. The molecule has 6 aromatic carbocycles. The van der Waals surface area contributed by atoms with Gasteiger partial charge in [-0.1, -0.05) is 110 Å². The van der Waals surface area contributed by atoms with Crippen molar-refractivity contribution in [3.05, 3.63) is 227 Å². The number of azo groups is 1. The maximum atomic E-state index is 5.08. The molecular weight excluding hydrogens is 757 g/mol. The van der Waals surface area contributed by atoms with Gasteiger partial charge in [-0.15, -0.1) is 10.2 Å². The van der Waals surface area contributed by atoms with Crippen LogP contribution in [0.4, 0.5) is 34.1 Å². The maximum Gasteiger partial charge on any atom is 0.112 e. The van der Waals surface area contributed by atoms with Crippen molar-refractivity contribution < 1.29 is 0 Å². The molecule has 304 valence electrons. The van der Waals surface area contributed by atoms with E-state index in [4.69, 9.17) is 30.2 Å². The Labute approximate surface area is 365 Å². The Bertz CT molecular complexity index is 2590. The highest BCUT2D eigenvalue weighted by atomic mass is 15.1. The van der Waals surface area contributed by atoms with E-state index in [2.05, 4.69) is 125 Å². The minimum absolute atomic E-state index is 0.676. The molecule has 0 aliphatic heterocycles. The highest BCUT2D eigenvalue weighted by Crippen LogP contribution is 2.36. The lowest BCUT2D eigenvalue weighted by atomic mass is 10.0. The van der Waals surface area contributed by atoms with Crippen LogP contribution in [0.2, 0.25) is 0 Å². The molecule has 2 aliphatic carbocycles. The molecule has 0 radical (unpaired) electrons. The van der Waals surface area contributed by atoms with Crippen molar-refractivity contribution in [3.63, 3.8) is 0 Å². The lowest BCUT2D eigenvalue weighted by molar-refractivity contribution is 1.11. The van der Waals surface area contributed by atoms with E-state index >= 15 is 0 Å². The van der Waals surface area contributed by atoms with Gasteiger partial charge in [0.25, 0.3) is 0 Å². The van der Waals surface area contributed by atoms with Gasteiger partial charge in [-0.05, 0) is 170 Å². The first-order valence-corrected chi connectivity index (χ1v) is 21.4. The number of hydrogen-bond acceptors (Lipinski definition) is 6.